The van der Waals surface area contributed by atoms with E-state index in [0.717, 1.165) is 47.6 Å². The number of thiazole rings is 1. The van der Waals surface area contributed by atoms with Crippen molar-refractivity contribution in [2.45, 2.75) is 46.0 Å². The Hall–Kier alpha value is -1.88. The van der Waals surface area contributed by atoms with Gasteiger partial charge in [0.05, 0.1) is 12.3 Å². The molecular formula is C19H24N2O2S. The van der Waals surface area contributed by atoms with Crippen molar-refractivity contribution in [3.63, 3.8) is 0 Å². The number of anilines is 1. The Labute approximate surface area is 147 Å². The number of aromatic nitrogens is 1. The number of hydrogen-bond donors (Lipinski definition) is 1. The maximum Gasteiger partial charge on any atom is 0.229 e. The lowest BCUT2D eigenvalue weighted by molar-refractivity contribution is -0.120. The van der Waals surface area contributed by atoms with Gasteiger partial charge in [0.2, 0.25) is 5.91 Å². The molecule has 1 saturated carbocycles. The molecule has 4 nitrogen and oxygen atoms in total. The zero-order valence-corrected chi connectivity index (χ0v) is 15.1. The smallest absolute Gasteiger partial charge is 0.229 e. The minimum atomic E-state index is 0.127. The fourth-order valence-corrected chi connectivity index (χ4v) is 4.00. The summed E-state index contributed by atoms with van der Waals surface area (Å²) >= 11 is 1.54. The highest BCUT2D eigenvalue weighted by Gasteiger charge is 2.22. The van der Waals surface area contributed by atoms with Crippen LogP contribution in [-0.2, 0) is 4.79 Å². The fourth-order valence-electron chi connectivity index (χ4n) is 3.17. The molecule has 1 heterocycles. The first kappa shape index (κ1) is 17.0. The molecule has 1 amide bonds. The number of nitrogens with one attached hydrogen (secondary N) is 1. The third-order valence-corrected chi connectivity index (χ3v) is 5.33. The number of aryl methyl sites for hydroxylation is 1. The molecule has 5 heteroatoms. The predicted octanol–water partition coefficient (Wildman–Crippen LogP) is 5.04. The van der Waals surface area contributed by atoms with E-state index in [0.29, 0.717) is 11.7 Å². The van der Waals surface area contributed by atoms with Crippen molar-refractivity contribution in [3.8, 4) is 17.0 Å². The highest BCUT2D eigenvalue weighted by molar-refractivity contribution is 7.16. The molecule has 0 bridgehead atoms. The molecule has 1 N–H and O–H groups in total. The Morgan fingerprint density at radius 3 is 2.62 bits per heavy atom. The van der Waals surface area contributed by atoms with Crippen LogP contribution in [0.3, 0.4) is 0 Å². The van der Waals surface area contributed by atoms with E-state index in [4.69, 9.17) is 4.74 Å². The summed E-state index contributed by atoms with van der Waals surface area (Å²) in [6, 6.07) is 7.94. The summed E-state index contributed by atoms with van der Waals surface area (Å²) < 4.78 is 5.48. The molecule has 0 unspecified atom stereocenters. The number of amides is 1. The average molecular weight is 344 g/mol. The SMILES string of the molecule is CCOc1ccc(-c2nc(NC(=O)C3CCCCC3)sc2C)cc1. The molecule has 0 spiro atoms. The third-order valence-electron chi connectivity index (χ3n) is 4.44. The van der Waals surface area contributed by atoms with E-state index in [1.165, 1.54) is 6.42 Å². The Balaban J connectivity index is 1.71. The summed E-state index contributed by atoms with van der Waals surface area (Å²) in [6.45, 7) is 4.67. The van der Waals surface area contributed by atoms with Crippen LogP contribution in [0, 0.1) is 12.8 Å². The van der Waals surface area contributed by atoms with Crippen LogP contribution in [0.25, 0.3) is 11.3 Å². The van der Waals surface area contributed by atoms with Gasteiger partial charge in [-0.05, 0) is 51.0 Å². The highest BCUT2D eigenvalue weighted by Crippen LogP contribution is 2.32. The first-order valence-corrected chi connectivity index (χ1v) is 9.50. The lowest BCUT2D eigenvalue weighted by Gasteiger charge is -2.19. The van der Waals surface area contributed by atoms with Gasteiger partial charge in [0.1, 0.15) is 5.75 Å². The van der Waals surface area contributed by atoms with Crippen molar-refractivity contribution in [2.24, 2.45) is 5.92 Å². The van der Waals surface area contributed by atoms with Crippen molar-refractivity contribution in [3.05, 3.63) is 29.1 Å². The Kier molecular flexibility index (Phi) is 5.51. The van der Waals surface area contributed by atoms with Gasteiger partial charge in [-0.1, -0.05) is 19.3 Å². The predicted molar refractivity (Wildman–Crippen MR) is 98.7 cm³/mol. The molecule has 128 valence electrons. The van der Waals surface area contributed by atoms with E-state index in [1.54, 1.807) is 11.3 Å². The van der Waals surface area contributed by atoms with Crippen LogP contribution in [0.2, 0.25) is 0 Å². The van der Waals surface area contributed by atoms with Crippen molar-refractivity contribution < 1.29 is 9.53 Å². The van der Waals surface area contributed by atoms with Crippen LogP contribution in [0.15, 0.2) is 24.3 Å². The van der Waals surface area contributed by atoms with Crippen molar-refractivity contribution >= 4 is 22.4 Å². The lowest BCUT2D eigenvalue weighted by atomic mass is 9.89. The molecule has 2 aromatic rings. The average Bonchev–Trinajstić information content (AvgIpc) is 2.97. The zero-order chi connectivity index (χ0) is 16.9. The molecule has 1 fully saturated rings. The van der Waals surface area contributed by atoms with Gasteiger partial charge in [0.25, 0.3) is 0 Å². The lowest BCUT2D eigenvalue weighted by Crippen LogP contribution is -2.24. The number of benzene rings is 1. The van der Waals surface area contributed by atoms with Gasteiger partial charge >= 0.3 is 0 Å². The molecule has 1 aromatic heterocycles. The number of carbonyl (C=O) groups excluding carboxylic acids is 1. The van der Waals surface area contributed by atoms with Crippen molar-refractivity contribution in [1.82, 2.24) is 4.98 Å². The summed E-state index contributed by atoms with van der Waals surface area (Å²) in [7, 11) is 0. The van der Waals surface area contributed by atoms with E-state index in [2.05, 4.69) is 10.3 Å². The van der Waals surface area contributed by atoms with Crippen LogP contribution < -0.4 is 10.1 Å². The zero-order valence-electron chi connectivity index (χ0n) is 14.3. The number of ether oxygens (including phenoxy) is 1. The van der Waals surface area contributed by atoms with Gasteiger partial charge in [-0.2, -0.15) is 0 Å². The number of hydrogen-bond acceptors (Lipinski definition) is 4. The van der Waals surface area contributed by atoms with Gasteiger partial charge in [-0.15, -0.1) is 11.3 Å². The second-order valence-electron chi connectivity index (χ2n) is 6.21. The molecule has 1 aliphatic carbocycles. The Morgan fingerprint density at radius 2 is 1.96 bits per heavy atom. The first-order valence-electron chi connectivity index (χ1n) is 8.69. The summed E-state index contributed by atoms with van der Waals surface area (Å²) in [4.78, 5) is 18.1. The molecule has 0 saturated heterocycles. The van der Waals surface area contributed by atoms with Gasteiger partial charge < -0.3 is 10.1 Å². The summed E-state index contributed by atoms with van der Waals surface area (Å²) in [5, 5.41) is 3.72. The van der Waals surface area contributed by atoms with Gasteiger partial charge in [-0.3, -0.25) is 4.79 Å². The first-order chi connectivity index (χ1) is 11.7. The monoisotopic (exact) mass is 344 g/mol. The molecular weight excluding hydrogens is 320 g/mol. The quantitative estimate of drug-likeness (QED) is 0.827. The van der Waals surface area contributed by atoms with Crippen molar-refractivity contribution in [2.75, 3.05) is 11.9 Å². The Bertz CT molecular complexity index is 688. The molecule has 24 heavy (non-hydrogen) atoms. The van der Waals surface area contributed by atoms with E-state index < -0.39 is 0 Å². The van der Waals surface area contributed by atoms with E-state index in [-0.39, 0.29) is 11.8 Å². The summed E-state index contributed by atoms with van der Waals surface area (Å²) in [6.07, 6.45) is 5.57. The maximum atomic E-state index is 12.4. The second-order valence-corrected chi connectivity index (χ2v) is 7.41. The van der Waals surface area contributed by atoms with Crippen molar-refractivity contribution in [1.29, 1.82) is 0 Å². The fraction of sp³-hybridized carbons (Fsp3) is 0.474. The summed E-state index contributed by atoms with van der Waals surface area (Å²) in [5.74, 6) is 1.14. The van der Waals surface area contributed by atoms with E-state index in [9.17, 15) is 4.79 Å². The molecule has 3 rings (SSSR count). The number of rotatable bonds is 5. The standard InChI is InChI=1S/C19H24N2O2S/c1-3-23-16-11-9-14(10-12-16)17-13(2)24-19(20-17)21-18(22)15-7-5-4-6-8-15/h9-12,15H,3-8H2,1-2H3,(H,20,21,22). The number of nitrogens with zero attached hydrogens (tertiary/aromatic N) is 1. The highest BCUT2D eigenvalue weighted by atomic mass is 32.1. The Morgan fingerprint density at radius 1 is 1.25 bits per heavy atom. The largest absolute Gasteiger partial charge is 0.494 e. The van der Waals surface area contributed by atoms with Crippen LogP contribution >= 0.6 is 11.3 Å². The van der Waals surface area contributed by atoms with E-state index >= 15 is 0 Å². The van der Waals surface area contributed by atoms with Crippen LogP contribution in [0.1, 0.15) is 43.9 Å². The normalized spacial score (nSPS) is 15.2. The molecule has 0 atom stereocenters. The maximum absolute atomic E-state index is 12.4. The van der Waals surface area contributed by atoms with Gasteiger partial charge in [0, 0.05) is 16.4 Å². The minimum absolute atomic E-state index is 0.127. The molecule has 1 aromatic carbocycles. The van der Waals surface area contributed by atoms with E-state index in [1.807, 2.05) is 38.1 Å². The van der Waals surface area contributed by atoms with Gasteiger partial charge in [0.15, 0.2) is 5.13 Å². The number of carbonyl (C=O) groups is 1. The minimum Gasteiger partial charge on any atom is -0.494 e. The summed E-state index contributed by atoms with van der Waals surface area (Å²) in [5.41, 5.74) is 1.98. The van der Waals surface area contributed by atoms with Crippen LogP contribution in [0.4, 0.5) is 5.13 Å². The molecule has 0 aliphatic heterocycles. The molecule has 1 aliphatic rings. The topological polar surface area (TPSA) is 51.2 Å². The van der Waals surface area contributed by atoms with Gasteiger partial charge in [-0.25, -0.2) is 4.98 Å². The van der Waals surface area contributed by atoms with Crippen LogP contribution in [0.5, 0.6) is 5.75 Å². The second kappa shape index (κ2) is 7.79. The van der Waals surface area contributed by atoms with Crippen LogP contribution in [-0.4, -0.2) is 17.5 Å². The third kappa shape index (κ3) is 3.96. The molecule has 0 radical (unpaired) electrons.